The first-order valence-corrected chi connectivity index (χ1v) is 12.3. The van der Waals surface area contributed by atoms with Gasteiger partial charge in [-0.2, -0.15) is 0 Å². The van der Waals surface area contributed by atoms with Crippen molar-refractivity contribution < 1.29 is 43.2 Å². The molecule has 2 saturated heterocycles. The van der Waals surface area contributed by atoms with Crippen LogP contribution in [0.3, 0.4) is 0 Å². The molecule has 8 atom stereocenters. The second kappa shape index (κ2) is 9.19. The minimum Gasteiger partial charge on any atom is -0.463 e. The van der Waals surface area contributed by atoms with Crippen molar-refractivity contribution in [1.29, 1.82) is 0 Å². The summed E-state index contributed by atoms with van der Waals surface area (Å²) in [6, 6.07) is 0. The van der Waals surface area contributed by atoms with Gasteiger partial charge in [-0.3, -0.25) is 0 Å². The zero-order valence-corrected chi connectivity index (χ0v) is 20.0. The second-order valence-corrected chi connectivity index (χ2v) is 10.4. The van der Waals surface area contributed by atoms with E-state index < -0.39 is 47.0 Å². The first-order valence-electron chi connectivity index (χ1n) is 12.3. The van der Waals surface area contributed by atoms with Crippen LogP contribution in [0.4, 0.5) is 0 Å². The molecule has 0 aromatic rings. The number of carbonyl (C=O) groups excluding carboxylic acids is 3. The molecule has 3 heterocycles. The second-order valence-electron chi connectivity index (χ2n) is 10.4. The molecule has 9 heteroatoms. The first kappa shape index (κ1) is 24.2. The van der Waals surface area contributed by atoms with Gasteiger partial charge in [-0.25, -0.2) is 14.4 Å². The van der Waals surface area contributed by atoms with Crippen molar-refractivity contribution in [1.82, 2.24) is 0 Å². The summed E-state index contributed by atoms with van der Waals surface area (Å²) < 4.78 is 29.2. The molecule has 1 N–H and O–H groups in total. The number of allylic oxidation sites excluding steroid dienone is 3. The number of epoxide rings is 1. The molecule has 0 amide bonds. The summed E-state index contributed by atoms with van der Waals surface area (Å²) in [4.78, 5) is 37.3. The van der Waals surface area contributed by atoms with E-state index in [1.807, 2.05) is 0 Å². The third-order valence-corrected chi connectivity index (χ3v) is 8.21. The molecule has 2 aliphatic carbocycles. The quantitative estimate of drug-likeness (QED) is 0.235. The molecule has 2 bridgehead atoms. The fourth-order valence-corrected chi connectivity index (χ4v) is 6.19. The van der Waals surface area contributed by atoms with E-state index in [1.54, 1.807) is 6.92 Å². The highest BCUT2D eigenvalue weighted by Crippen LogP contribution is 2.65. The smallest absolute Gasteiger partial charge is 0.335 e. The molecule has 5 aliphatic rings. The molecule has 3 aliphatic heterocycles. The number of hydrogen-bond acceptors (Lipinski definition) is 9. The monoisotopic (exact) mass is 488 g/mol. The van der Waals surface area contributed by atoms with Crippen LogP contribution in [0.1, 0.15) is 39.5 Å². The summed E-state index contributed by atoms with van der Waals surface area (Å²) in [6.07, 6.45) is 7.29. The van der Waals surface area contributed by atoms with Crippen molar-refractivity contribution in [2.24, 2.45) is 17.3 Å². The Kier molecular flexibility index (Phi) is 6.35. The lowest BCUT2D eigenvalue weighted by molar-refractivity contribution is -0.199. The largest absolute Gasteiger partial charge is 0.463 e. The molecule has 0 radical (unpaired) electrons. The van der Waals surface area contributed by atoms with Gasteiger partial charge in [0.2, 0.25) is 0 Å². The molecule has 0 aromatic heterocycles. The Morgan fingerprint density at radius 3 is 2.54 bits per heavy atom. The standard InChI is InChI=1S/C26H32O9/c1-15-7-9-25-13-32-24(30)22(29)16(2)8-10-31-20(27)5-3-4-6-21(28)34-17-12-19(35-18(25)11-15)26(14-33-26)23(17)25/h3-6,11,16-19,22-23,29H,7-10,12-14H2,1-2H3/b5-3+,6-4+/t16-,17-,18?,19?,22?,23?,25-,26-/m1/s1. The summed E-state index contributed by atoms with van der Waals surface area (Å²) in [5.41, 5.74) is -0.00513. The summed E-state index contributed by atoms with van der Waals surface area (Å²) in [6.45, 7) is 4.32. The Morgan fingerprint density at radius 2 is 1.80 bits per heavy atom. The van der Waals surface area contributed by atoms with Crippen LogP contribution in [0, 0.1) is 17.3 Å². The fraction of sp³-hybridized carbons (Fsp3) is 0.654. The van der Waals surface area contributed by atoms with Crippen LogP contribution < -0.4 is 0 Å². The average Bonchev–Trinajstić information content (AvgIpc) is 3.56. The van der Waals surface area contributed by atoms with Gasteiger partial charge in [0.15, 0.2) is 6.10 Å². The Balaban J connectivity index is 1.48. The topological polar surface area (TPSA) is 121 Å². The predicted octanol–water partition coefficient (Wildman–Crippen LogP) is 1.78. The first-order chi connectivity index (χ1) is 16.7. The zero-order chi connectivity index (χ0) is 24.8. The maximum Gasteiger partial charge on any atom is 0.335 e. The predicted molar refractivity (Wildman–Crippen MR) is 121 cm³/mol. The van der Waals surface area contributed by atoms with E-state index in [0.717, 1.165) is 6.42 Å². The van der Waals surface area contributed by atoms with Gasteiger partial charge in [0, 0.05) is 29.9 Å². The van der Waals surface area contributed by atoms with Gasteiger partial charge in [0.05, 0.1) is 25.4 Å². The molecule has 9 nitrogen and oxygen atoms in total. The van der Waals surface area contributed by atoms with Gasteiger partial charge in [0.25, 0.3) is 0 Å². The van der Waals surface area contributed by atoms with Crippen LogP contribution >= 0.6 is 0 Å². The highest BCUT2D eigenvalue weighted by molar-refractivity contribution is 5.84. The lowest BCUT2D eigenvalue weighted by Crippen LogP contribution is -2.60. The number of rotatable bonds is 0. The fourth-order valence-electron chi connectivity index (χ4n) is 6.19. The molecule has 35 heavy (non-hydrogen) atoms. The number of carbonyl (C=O) groups is 3. The van der Waals surface area contributed by atoms with Crippen molar-refractivity contribution in [2.45, 2.75) is 69.5 Å². The Hall–Kier alpha value is -2.49. The molecule has 2 spiro atoms. The summed E-state index contributed by atoms with van der Waals surface area (Å²) in [5.74, 6) is -2.53. The normalized spacial score (nSPS) is 45.7. The SMILES string of the molecule is CC1=CC2OC3C[C@H]4OC(=O)/C=C/C=C/C(=O)OCC[C@@H](C)C(O)C(=O)OC[C@@]2(CC1)C4[C@@]31CO1. The Morgan fingerprint density at radius 1 is 1.06 bits per heavy atom. The number of cyclic esters (lactones) is 2. The third-order valence-electron chi connectivity index (χ3n) is 8.21. The van der Waals surface area contributed by atoms with E-state index in [2.05, 4.69) is 13.0 Å². The van der Waals surface area contributed by atoms with Gasteiger partial charge in [0.1, 0.15) is 18.3 Å². The van der Waals surface area contributed by atoms with Crippen LogP contribution in [-0.4, -0.2) is 72.9 Å². The number of hydrogen-bond donors (Lipinski definition) is 1. The van der Waals surface area contributed by atoms with E-state index in [4.69, 9.17) is 23.7 Å². The van der Waals surface area contributed by atoms with Gasteiger partial charge in [-0.05, 0) is 32.1 Å². The van der Waals surface area contributed by atoms with Crippen LogP contribution in [-0.2, 0) is 38.1 Å². The van der Waals surface area contributed by atoms with Crippen molar-refractivity contribution in [3.8, 4) is 0 Å². The lowest BCUT2D eigenvalue weighted by atomic mass is 9.60. The molecular formula is C26H32O9. The van der Waals surface area contributed by atoms with Gasteiger partial charge in [-0.1, -0.05) is 30.7 Å². The van der Waals surface area contributed by atoms with Crippen molar-refractivity contribution in [2.75, 3.05) is 19.8 Å². The number of esters is 3. The van der Waals surface area contributed by atoms with Crippen LogP contribution in [0.2, 0.25) is 0 Å². The van der Waals surface area contributed by atoms with Crippen LogP contribution in [0.5, 0.6) is 0 Å². The Labute approximate surface area is 204 Å². The zero-order valence-electron chi connectivity index (χ0n) is 20.0. The lowest BCUT2D eigenvalue weighted by Gasteiger charge is -2.52. The Bertz CT molecular complexity index is 977. The molecule has 5 rings (SSSR count). The highest BCUT2D eigenvalue weighted by atomic mass is 16.6. The maximum absolute atomic E-state index is 12.8. The van der Waals surface area contributed by atoms with Crippen molar-refractivity contribution in [3.63, 3.8) is 0 Å². The molecule has 4 unspecified atom stereocenters. The number of aliphatic hydroxyl groups excluding tert-OH is 1. The molecular weight excluding hydrogens is 456 g/mol. The summed E-state index contributed by atoms with van der Waals surface area (Å²) in [7, 11) is 0. The van der Waals surface area contributed by atoms with Crippen LogP contribution in [0.25, 0.3) is 0 Å². The van der Waals surface area contributed by atoms with Crippen molar-refractivity contribution in [3.05, 3.63) is 36.0 Å². The van der Waals surface area contributed by atoms with Crippen molar-refractivity contribution >= 4 is 17.9 Å². The van der Waals surface area contributed by atoms with E-state index >= 15 is 0 Å². The number of aliphatic hydroxyl groups is 1. The van der Waals surface area contributed by atoms with E-state index in [9.17, 15) is 19.5 Å². The minimum absolute atomic E-state index is 0.0220. The molecule has 0 aromatic carbocycles. The van der Waals surface area contributed by atoms with Crippen LogP contribution in [0.15, 0.2) is 36.0 Å². The summed E-state index contributed by atoms with van der Waals surface area (Å²) in [5, 5.41) is 10.6. The summed E-state index contributed by atoms with van der Waals surface area (Å²) >= 11 is 0. The van der Waals surface area contributed by atoms with E-state index in [1.165, 1.54) is 29.9 Å². The molecule has 3 fully saturated rings. The van der Waals surface area contributed by atoms with E-state index in [0.29, 0.717) is 25.9 Å². The highest BCUT2D eigenvalue weighted by Gasteiger charge is 2.76. The third kappa shape index (κ3) is 4.34. The molecule has 190 valence electrons. The van der Waals surface area contributed by atoms with Gasteiger partial charge < -0.3 is 28.8 Å². The average molecular weight is 489 g/mol. The van der Waals surface area contributed by atoms with Gasteiger partial charge in [-0.15, -0.1) is 0 Å². The maximum atomic E-state index is 12.8. The minimum atomic E-state index is -1.36. The molecule has 1 saturated carbocycles. The number of ether oxygens (including phenoxy) is 5. The van der Waals surface area contributed by atoms with Gasteiger partial charge >= 0.3 is 17.9 Å². The van der Waals surface area contributed by atoms with E-state index in [-0.39, 0.29) is 31.3 Å².